The van der Waals surface area contributed by atoms with Gasteiger partial charge in [-0.2, -0.15) is 0 Å². The summed E-state index contributed by atoms with van der Waals surface area (Å²) in [6.07, 6.45) is 0. The van der Waals surface area contributed by atoms with Crippen molar-refractivity contribution in [1.82, 2.24) is 19.5 Å². The Hall–Kier alpha value is -6.98. The maximum Gasteiger partial charge on any atom is 0.263 e. The van der Waals surface area contributed by atoms with E-state index in [1.165, 1.54) is 44.5 Å². The van der Waals surface area contributed by atoms with E-state index in [9.17, 15) is 4.79 Å². The summed E-state index contributed by atoms with van der Waals surface area (Å²) in [4.78, 5) is 29.8. The summed E-state index contributed by atoms with van der Waals surface area (Å²) in [6, 6.07) is 54.5. The molecule has 2 aliphatic carbocycles. The predicted octanol–water partition coefficient (Wildman–Crippen LogP) is 11.9. The number of nitrogens with zero attached hydrogens (tertiary/aromatic N) is 4. The lowest BCUT2D eigenvalue weighted by molar-refractivity contribution is 0.660. The molecule has 7 aromatic carbocycles. The van der Waals surface area contributed by atoms with Crippen LogP contribution in [-0.4, -0.2) is 19.5 Å². The van der Waals surface area contributed by atoms with Crippen LogP contribution in [-0.2, 0) is 10.8 Å². The first kappa shape index (κ1) is 33.4. The number of para-hydroxylation sites is 1. The molecule has 0 bridgehead atoms. The minimum atomic E-state index is -0.170. The number of hydrogen-bond acceptors (Lipinski definition) is 4. The number of benzene rings is 7. The van der Waals surface area contributed by atoms with Gasteiger partial charge in [-0.1, -0.05) is 143 Å². The monoisotopic (exact) mass is 734 g/mol. The minimum absolute atomic E-state index is 0.0513. The maximum atomic E-state index is 14.1. The van der Waals surface area contributed by atoms with E-state index in [1.807, 2.05) is 71.3 Å². The van der Waals surface area contributed by atoms with Crippen molar-refractivity contribution in [2.24, 2.45) is 0 Å². The lowest BCUT2D eigenvalue weighted by Gasteiger charge is -2.22. The summed E-state index contributed by atoms with van der Waals surface area (Å²) < 4.78 is 1.81. The SMILES string of the molecule is CC1(C)c2ccccc2-c2ccc(-c3nc(-c4ccc(-n5c(=O)c6ccccc6c6ccccc65)cc4)nc(-c4cccc5c4-c4ccccc4C5(C)C)n3)cc21. The van der Waals surface area contributed by atoms with Crippen LogP contribution in [0.25, 0.3) is 83.8 Å². The minimum Gasteiger partial charge on any atom is -0.276 e. The molecule has 2 aromatic heterocycles. The van der Waals surface area contributed by atoms with Crippen molar-refractivity contribution in [3.8, 4) is 62.1 Å². The summed E-state index contributed by atoms with van der Waals surface area (Å²) in [7, 11) is 0. The van der Waals surface area contributed by atoms with Crippen LogP contribution in [0.2, 0.25) is 0 Å². The Morgan fingerprint density at radius 1 is 0.421 bits per heavy atom. The Morgan fingerprint density at radius 2 is 0.947 bits per heavy atom. The molecule has 0 spiro atoms. The second-order valence-corrected chi connectivity index (χ2v) is 16.4. The van der Waals surface area contributed by atoms with E-state index in [0.717, 1.165) is 38.7 Å². The first-order valence-electron chi connectivity index (χ1n) is 19.6. The van der Waals surface area contributed by atoms with Gasteiger partial charge in [-0.15, -0.1) is 0 Å². The van der Waals surface area contributed by atoms with Crippen LogP contribution >= 0.6 is 0 Å². The first-order valence-corrected chi connectivity index (χ1v) is 19.6. The molecule has 5 nitrogen and oxygen atoms in total. The topological polar surface area (TPSA) is 60.7 Å². The van der Waals surface area contributed by atoms with Crippen molar-refractivity contribution < 1.29 is 0 Å². The lowest BCUT2D eigenvalue weighted by Crippen LogP contribution is -2.19. The van der Waals surface area contributed by atoms with Gasteiger partial charge in [-0.05, 0) is 92.4 Å². The number of rotatable bonds is 4. The van der Waals surface area contributed by atoms with Crippen molar-refractivity contribution in [2.45, 2.75) is 38.5 Å². The quantitative estimate of drug-likeness (QED) is 0.169. The molecule has 0 unspecified atom stereocenters. The maximum absolute atomic E-state index is 14.1. The average molecular weight is 735 g/mol. The van der Waals surface area contributed by atoms with Crippen LogP contribution in [0.4, 0.5) is 0 Å². The van der Waals surface area contributed by atoms with Gasteiger partial charge in [0.15, 0.2) is 17.5 Å². The van der Waals surface area contributed by atoms with Gasteiger partial charge in [-0.3, -0.25) is 9.36 Å². The number of hydrogen-bond donors (Lipinski definition) is 0. The number of fused-ring (bicyclic) bond motifs is 9. The highest BCUT2D eigenvalue weighted by atomic mass is 16.1. The molecule has 0 atom stereocenters. The second-order valence-electron chi connectivity index (χ2n) is 16.4. The molecule has 272 valence electrons. The van der Waals surface area contributed by atoms with E-state index >= 15 is 0 Å². The van der Waals surface area contributed by atoms with E-state index in [1.54, 1.807) is 0 Å². The van der Waals surface area contributed by atoms with Gasteiger partial charge in [0.1, 0.15) is 0 Å². The highest BCUT2D eigenvalue weighted by Crippen LogP contribution is 2.52. The molecule has 0 N–H and O–H groups in total. The van der Waals surface area contributed by atoms with Gasteiger partial charge in [-0.25, -0.2) is 15.0 Å². The molecular formula is C52H38N4O. The second kappa shape index (κ2) is 12.0. The molecule has 0 radical (unpaired) electrons. The Morgan fingerprint density at radius 3 is 1.72 bits per heavy atom. The molecule has 0 saturated heterocycles. The van der Waals surface area contributed by atoms with Gasteiger partial charge in [0, 0.05) is 44.0 Å². The number of pyridine rings is 1. The van der Waals surface area contributed by atoms with Gasteiger partial charge in [0.05, 0.1) is 5.52 Å². The van der Waals surface area contributed by atoms with E-state index in [2.05, 4.69) is 119 Å². The molecule has 0 fully saturated rings. The fourth-order valence-corrected chi connectivity index (χ4v) is 9.59. The van der Waals surface area contributed by atoms with Crippen LogP contribution in [0.1, 0.15) is 49.9 Å². The third kappa shape index (κ3) is 4.82. The highest BCUT2D eigenvalue weighted by molar-refractivity contribution is 6.06. The molecule has 9 aromatic rings. The van der Waals surface area contributed by atoms with Crippen LogP contribution in [0.3, 0.4) is 0 Å². The van der Waals surface area contributed by atoms with E-state index in [-0.39, 0.29) is 16.4 Å². The summed E-state index contributed by atoms with van der Waals surface area (Å²) >= 11 is 0. The lowest BCUT2D eigenvalue weighted by atomic mass is 9.82. The largest absolute Gasteiger partial charge is 0.276 e. The molecular weight excluding hydrogens is 697 g/mol. The van der Waals surface area contributed by atoms with Crippen molar-refractivity contribution in [3.05, 3.63) is 190 Å². The zero-order chi connectivity index (χ0) is 38.6. The fourth-order valence-electron chi connectivity index (χ4n) is 9.59. The summed E-state index contributed by atoms with van der Waals surface area (Å²) in [5, 5.41) is 2.67. The van der Waals surface area contributed by atoms with E-state index in [0.29, 0.717) is 22.9 Å². The molecule has 0 aliphatic heterocycles. The Balaban J connectivity index is 1.10. The molecule has 5 heteroatoms. The van der Waals surface area contributed by atoms with Crippen LogP contribution in [0.5, 0.6) is 0 Å². The molecule has 0 saturated carbocycles. The summed E-state index contributed by atoms with van der Waals surface area (Å²) in [5.41, 5.74) is 14.1. The van der Waals surface area contributed by atoms with Crippen LogP contribution < -0.4 is 5.56 Å². The standard InChI is InChI=1S/C52H38N4O/c1-51(2)42-21-11-8-18-39(42)46-40(19-13-22-43(46)51)49-54-47(53-48(55-49)32-26-29-36-35-15-7-10-20-41(35)52(3,4)44(36)30-32)31-24-27-33(28-25-31)56-45-23-12-9-16-37(45)34-14-5-6-17-38(34)50(56)57/h5-30H,1-4H3. The summed E-state index contributed by atoms with van der Waals surface area (Å²) in [5.74, 6) is 1.82. The van der Waals surface area contributed by atoms with Crippen LogP contribution in [0.15, 0.2) is 163 Å². The van der Waals surface area contributed by atoms with Crippen molar-refractivity contribution >= 4 is 21.7 Å². The van der Waals surface area contributed by atoms with Gasteiger partial charge >= 0.3 is 0 Å². The van der Waals surface area contributed by atoms with E-state index < -0.39 is 0 Å². The molecule has 2 aliphatic rings. The number of aromatic nitrogens is 4. The average Bonchev–Trinajstić information content (AvgIpc) is 3.63. The third-order valence-electron chi connectivity index (χ3n) is 12.5. The Kier molecular flexibility index (Phi) is 7.03. The van der Waals surface area contributed by atoms with Gasteiger partial charge in [0.2, 0.25) is 0 Å². The summed E-state index contributed by atoms with van der Waals surface area (Å²) in [6.45, 7) is 9.18. The smallest absolute Gasteiger partial charge is 0.263 e. The molecule has 0 amide bonds. The van der Waals surface area contributed by atoms with Crippen LogP contribution in [0, 0.1) is 0 Å². The zero-order valence-corrected chi connectivity index (χ0v) is 32.2. The van der Waals surface area contributed by atoms with Gasteiger partial charge in [0.25, 0.3) is 5.56 Å². The first-order chi connectivity index (χ1) is 27.7. The fraction of sp³-hybridized carbons (Fsp3) is 0.115. The molecule has 2 heterocycles. The predicted molar refractivity (Wildman–Crippen MR) is 232 cm³/mol. The van der Waals surface area contributed by atoms with Crippen molar-refractivity contribution in [1.29, 1.82) is 0 Å². The van der Waals surface area contributed by atoms with Crippen molar-refractivity contribution in [3.63, 3.8) is 0 Å². The normalized spacial score (nSPS) is 14.3. The Labute approximate surface area is 331 Å². The highest BCUT2D eigenvalue weighted by Gasteiger charge is 2.38. The molecule has 57 heavy (non-hydrogen) atoms. The van der Waals surface area contributed by atoms with Gasteiger partial charge < -0.3 is 0 Å². The van der Waals surface area contributed by atoms with Crippen molar-refractivity contribution in [2.75, 3.05) is 0 Å². The zero-order valence-electron chi connectivity index (χ0n) is 32.2. The Bertz CT molecular complexity index is 3210. The molecule has 11 rings (SSSR count). The van der Waals surface area contributed by atoms with E-state index in [4.69, 9.17) is 15.0 Å². The third-order valence-corrected chi connectivity index (χ3v) is 12.5.